The zero-order chi connectivity index (χ0) is 18.4. The van der Waals surface area contributed by atoms with Crippen LogP contribution in [0, 0.1) is 0 Å². The minimum atomic E-state index is -1.26. The Morgan fingerprint density at radius 1 is 1.00 bits per heavy atom. The second-order valence-electron chi connectivity index (χ2n) is 4.98. The number of ether oxygens (including phenoxy) is 3. The van der Waals surface area contributed by atoms with Crippen molar-refractivity contribution in [2.75, 3.05) is 26.9 Å². The van der Waals surface area contributed by atoms with Crippen molar-refractivity contribution in [3.63, 3.8) is 0 Å². The van der Waals surface area contributed by atoms with E-state index in [0.717, 1.165) is 7.11 Å². The topological polar surface area (TPSA) is 143 Å². The summed E-state index contributed by atoms with van der Waals surface area (Å²) in [6.45, 7) is 6.10. The van der Waals surface area contributed by atoms with Gasteiger partial charge in [0.15, 0.2) is 6.10 Å². The van der Waals surface area contributed by atoms with Crippen LogP contribution in [0.3, 0.4) is 0 Å². The lowest BCUT2D eigenvalue weighted by molar-refractivity contribution is -0.154. The van der Waals surface area contributed by atoms with Crippen LogP contribution < -0.4 is 0 Å². The molecule has 0 saturated carbocycles. The van der Waals surface area contributed by atoms with Crippen LogP contribution in [-0.4, -0.2) is 83.7 Å². The zero-order valence-corrected chi connectivity index (χ0v) is 14.0. The van der Waals surface area contributed by atoms with Crippen LogP contribution in [0.15, 0.2) is 0 Å². The van der Waals surface area contributed by atoms with Crippen molar-refractivity contribution in [1.29, 1.82) is 0 Å². The van der Waals surface area contributed by atoms with Gasteiger partial charge in [0.05, 0.1) is 44.6 Å². The summed E-state index contributed by atoms with van der Waals surface area (Å²) in [5, 5.41) is 33.9. The highest BCUT2D eigenvalue weighted by atomic mass is 16.5. The molecule has 9 heteroatoms. The molecule has 0 bridgehead atoms. The first-order chi connectivity index (χ1) is 10.6. The Labute approximate surface area is 135 Å². The Hall–Kier alpha value is -1.26. The van der Waals surface area contributed by atoms with E-state index in [4.69, 9.17) is 29.9 Å². The highest BCUT2D eigenvalue weighted by molar-refractivity contribution is 5.79. The lowest BCUT2D eigenvalue weighted by Crippen LogP contribution is -2.25. The molecule has 0 aromatic heterocycles. The van der Waals surface area contributed by atoms with E-state index in [1.165, 1.54) is 0 Å². The predicted molar refractivity (Wildman–Crippen MR) is 80.3 cm³/mol. The number of carboxylic acid groups (broad SMARTS) is 2. The third-order valence-electron chi connectivity index (χ3n) is 2.41. The largest absolute Gasteiger partial charge is 0.481 e. The van der Waals surface area contributed by atoms with E-state index < -0.39 is 30.6 Å². The Balaban J connectivity index is 0. The number of rotatable bonds is 11. The lowest BCUT2D eigenvalue weighted by Gasteiger charge is -2.16. The Kier molecular flexibility index (Phi) is 15.0. The maximum Gasteiger partial charge on any atom is 0.333 e. The lowest BCUT2D eigenvalue weighted by atomic mass is 10.2. The van der Waals surface area contributed by atoms with E-state index in [0.29, 0.717) is 13.2 Å². The van der Waals surface area contributed by atoms with Crippen molar-refractivity contribution >= 4 is 11.9 Å². The Morgan fingerprint density at radius 2 is 1.52 bits per heavy atom. The molecule has 9 nitrogen and oxygen atoms in total. The normalized spacial score (nSPS) is 15.7. The maximum absolute atomic E-state index is 10.1. The molecule has 0 rings (SSSR count). The first-order valence-electron chi connectivity index (χ1n) is 7.13. The van der Waals surface area contributed by atoms with E-state index in [9.17, 15) is 9.59 Å². The van der Waals surface area contributed by atoms with E-state index in [-0.39, 0.29) is 18.8 Å². The van der Waals surface area contributed by atoms with Gasteiger partial charge in [-0.1, -0.05) is 0 Å². The fraction of sp³-hybridized carbons (Fsp3) is 0.857. The van der Waals surface area contributed by atoms with Crippen LogP contribution in [0.2, 0.25) is 0 Å². The molecule has 0 aromatic rings. The van der Waals surface area contributed by atoms with Crippen molar-refractivity contribution in [3.8, 4) is 0 Å². The Bertz CT molecular complexity index is 319. The summed E-state index contributed by atoms with van der Waals surface area (Å²) >= 11 is 0. The summed E-state index contributed by atoms with van der Waals surface area (Å²) in [5.74, 6) is -2.45. The molecule has 0 aliphatic rings. The second kappa shape index (κ2) is 14.3. The molecule has 4 unspecified atom stereocenters. The Morgan fingerprint density at radius 3 is 1.83 bits per heavy atom. The monoisotopic (exact) mass is 340 g/mol. The molecular formula is C14H28O9. The summed E-state index contributed by atoms with van der Waals surface area (Å²) in [6, 6.07) is 0. The maximum atomic E-state index is 10.1. The molecule has 4 atom stereocenters. The molecule has 0 aliphatic carbocycles. The molecule has 0 radical (unpaired) electrons. The first kappa shape index (κ1) is 24.0. The average molecular weight is 340 g/mol. The van der Waals surface area contributed by atoms with Gasteiger partial charge in [0.25, 0.3) is 0 Å². The number of aliphatic carboxylic acids is 2. The average Bonchev–Trinajstić information content (AvgIpc) is 2.48. The third-order valence-corrected chi connectivity index (χ3v) is 2.41. The number of hydrogen-bond donors (Lipinski definition) is 4. The van der Waals surface area contributed by atoms with Crippen molar-refractivity contribution in [1.82, 2.24) is 0 Å². The van der Waals surface area contributed by atoms with Gasteiger partial charge in [-0.25, -0.2) is 4.79 Å². The molecule has 0 heterocycles. The molecule has 138 valence electrons. The van der Waals surface area contributed by atoms with Gasteiger partial charge in [-0.2, -0.15) is 0 Å². The number of aliphatic hydroxyl groups is 2. The van der Waals surface area contributed by atoms with E-state index >= 15 is 0 Å². The highest BCUT2D eigenvalue weighted by Gasteiger charge is 2.19. The predicted octanol–water partition coefficient (Wildman–Crippen LogP) is -0.270. The van der Waals surface area contributed by atoms with Crippen molar-refractivity contribution in [3.05, 3.63) is 0 Å². The smallest absolute Gasteiger partial charge is 0.333 e. The van der Waals surface area contributed by atoms with Crippen LogP contribution in [0.4, 0.5) is 0 Å². The molecule has 0 saturated heterocycles. The zero-order valence-electron chi connectivity index (χ0n) is 14.0. The molecule has 4 N–H and O–H groups in total. The quantitative estimate of drug-likeness (QED) is 0.399. The van der Waals surface area contributed by atoms with E-state index in [1.807, 2.05) is 6.92 Å². The van der Waals surface area contributed by atoms with Crippen molar-refractivity contribution in [2.24, 2.45) is 0 Å². The van der Waals surface area contributed by atoms with Crippen molar-refractivity contribution in [2.45, 2.75) is 51.6 Å². The number of carboxylic acids is 2. The fourth-order valence-corrected chi connectivity index (χ4v) is 1.13. The van der Waals surface area contributed by atoms with Gasteiger partial charge in [0.2, 0.25) is 0 Å². The second-order valence-corrected chi connectivity index (χ2v) is 4.98. The SMILES string of the molecule is CC(O)COC(C)COC(C)CO.COC(CC(=O)O)C(=O)O. The molecular weight excluding hydrogens is 312 g/mol. The number of methoxy groups -OCH3 is 1. The number of carbonyl (C=O) groups is 2. The van der Waals surface area contributed by atoms with Gasteiger partial charge in [0.1, 0.15) is 0 Å². The van der Waals surface area contributed by atoms with Crippen LogP contribution in [-0.2, 0) is 23.8 Å². The van der Waals surface area contributed by atoms with Gasteiger partial charge < -0.3 is 34.6 Å². The molecule has 0 fully saturated rings. The highest BCUT2D eigenvalue weighted by Crippen LogP contribution is 1.97. The van der Waals surface area contributed by atoms with E-state index in [1.54, 1.807) is 13.8 Å². The standard InChI is InChI=1S/C9H20O4.C5H8O5/c1-7(11)5-12-9(3)6-13-8(2)4-10;1-10-3(5(8)9)2-4(6)7/h7-11H,4-6H2,1-3H3;3H,2H2,1H3,(H,6,7)(H,8,9). The van der Waals surface area contributed by atoms with Crippen LogP contribution in [0.5, 0.6) is 0 Å². The summed E-state index contributed by atoms with van der Waals surface area (Å²) < 4.78 is 14.8. The summed E-state index contributed by atoms with van der Waals surface area (Å²) in [7, 11) is 1.15. The first-order valence-corrected chi connectivity index (χ1v) is 7.13. The molecule has 0 aliphatic heterocycles. The number of hydrogen-bond acceptors (Lipinski definition) is 7. The summed E-state index contributed by atoms with van der Waals surface area (Å²) in [6.07, 6.45) is -2.40. The summed E-state index contributed by atoms with van der Waals surface area (Å²) in [4.78, 5) is 20.0. The minimum absolute atomic E-state index is 0.0170. The van der Waals surface area contributed by atoms with Crippen molar-refractivity contribution < 1.29 is 44.2 Å². The van der Waals surface area contributed by atoms with Gasteiger partial charge in [0, 0.05) is 7.11 Å². The third kappa shape index (κ3) is 16.9. The molecule has 0 aromatic carbocycles. The van der Waals surface area contributed by atoms with Gasteiger partial charge in [-0.3, -0.25) is 4.79 Å². The molecule has 23 heavy (non-hydrogen) atoms. The van der Waals surface area contributed by atoms with Gasteiger partial charge in [-0.15, -0.1) is 0 Å². The van der Waals surface area contributed by atoms with Gasteiger partial charge >= 0.3 is 11.9 Å². The molecule has 0 spiro atoms. The molecule has 0 amide bonds. The van der Waals surface area contributed by atoms with Crippen LogP contribution in [0.1, 0.15) is 27.2 Å². The fourth-order valence-electron chi connectivity index (χ4n) is 1.13. The van der Waals surface area contributed by atoms with Gasteiger partial charge in [-0.05, 0) is 20.8 Å². The van der Waals surface area contributed by atoms with Crippen LogP contribution in [0.25, 0.3) is 0 Å². The minimum Gasteiger partial charge on any atom is -0.481 e. The van der Waals surface area contributed by atoms with Crippen LogP contribution >= 0.6 is 0 Å². The summed E-state index contributed by atoms with van der Waals surface area (Å²) in [5.41, 5.74) is 0. The number of aliphatic hydroxyl groups excluding tert-OH is 2. The van der Waals surface area contributed by atoms with E-state index in [2.05, 4.69) is 4.74 Å².